The highest BCUT2D eigenvalue weighted by Gasteiger charge is 2.29. The zero-order valence-electron chi connectivity index (χ0n) is 47.5. The highest BCUT2D eigenvalue weighted by molar-refractivity contribution is 6.40. The van der Waals surface area contributed by atoms with Crippen LogP contribution < -0.4 is 0 Å². The lowest BCUT2D eigenvalue weighted by Gasteiger charge is -2.12. The number of benzene rings is 12. The van der Waals surface area contributed by atoms with E-state index in [1.807, 2.05) is 36.4 Å². The van der Waals surface area contributed by atoms with E-state index in [1.165, 1.54) is 92.2 Å². The van der Waals surface area contributed by atoms with Crippen LogP contribution in [0.25, 0.3) is 198 Å². The van der Waals surface area contributed by atoms with Crippen LogP contribution in [0.2, 0.25) is 0 Å². The molecule has 408 valence electrons. The highest BCUT2D eigenvalue weighted by Crippen LogP contribution is 2.51. The summed E-state index contributed by atoms with van der Waals surface area (Å²) in [6.45, 7) is 2.11. The first-order valence-corrected chi connectivity index (χ1v) is 30.0. The predicted octanol–water partition coefficient (Wildman–Crippen LogP) is 19.3. The fourth-order valence-electron chi connectivity index (χ4n) is 15.7. The van der Waals surface area contributed by atoms with Crippen LogP contribution in [0.3, 0.4) is 0 Å². The van der Waals surface area contributed by atoms with Crippen molar-refractivity contribution in [3.63, 3.8) is 0 Å². The van der Waals surface area contributed by atoms with Crippen molar-refractivity contribution in [2.45, 2.75) is 6.92 Å². The van der Waals surface area contributed by atoms with E-state index in [2.05, 4.69) is 225 Å². The molecular formula is C79H42N10. The molecule has 0 bridgehead atoms. The molecule has 9 aromatic heterocycles. The van der Waals surface area contributed by atoms with Gasteiger partial charge in [0.15, 0.2) is 0 Å². The van der Waals surface area contributed by atoms with Crippen LogP contribution in [0.4, 0.5) is 0 Å². The number of fused-ring (bicyclic) bond motifs is 26. The SMILES string of the molecule is Cc1nc(-n2c3ccc4ccccc4c3c3c4c5ccccc5n5c6ccccc6c(cc32)c45)nc2cc(-c3ccc4c(ccc5c4c4c6c7ccccc7n7c8ccccc8c(cc4n5-c4nc(-c5ccc(C#N)cc5)c5ncccc5n4)c67)c3)ccc12. The normalized spacial score (nSPS) is 12.5. The summed E-state index contributed by atoms with van der Waals surface area (Å²) >= 11 is 0. The third kappa shape index (κ3) is 6.00. The van der Waals surface area contributed by atoms with E-state index in [9.17, 15) is 5.26 Å². The first kappa shape index (κ1) is 47.0. The third-order valence-electron chi connectivity index (χ3n) is 19.4. The number of hydrogen-bond donors (Lipinski definition) is 0. The summed E-state index contributed by atoms with van der Waals surface area (Å²) in [7, 11) is 0. The monoisotopic (exact) mass is 1130 g/mol. The number of nitriles is 1. The maximum Gasteiger partial charge on any atom is 0.235 e. The van der Waals surface area contributed by atoms with Gasteiger partial charge in [-0.2, -0.15) is 5.26 Å². The molecule has 0 aliphatic rings. The molecule has 0 spiro atoms. The van der Waals surface area contributed by atoms with Gasteiger partial charge in [0, 0.05) is 81.8 Å². The average molecular weight is 1130 g/mol. The van der Waals surface area contributed by atoms with Gasteiger partial charge in [-0.05, 0) is 125 Å². The Bertz CT molecular complexity index is 6810. The molecule has 0 atom stereocenters. The van der Waals surface area contributed by atoms with Crippen molar-refractivity contribution in [2.24, 2.45) is 0 Å². The largest absolute Gasteiger partial charge is 0.308 e. The van der Waals surface area contributed by atoms with E-state index in [0.717, 1.165) is 87.9 Å². The molecule has 0 unspecified atom stereocenters. The molecule has 89 heavy (non-hydrogen) atoms. The molecule has 0 N–H and O–H groups in total. The molecule has 0 fully saturated rings. The highest BCUT2D eigenvalue weighted by atomic mass is 15.2. The molecule has 10 heteroatoms. The van der Waals surface area contributed by atoms with Gasteiger partial charge in [0.2, 0.25) is 11.9 Å². The Kier molecular flexibility index (Phi) is 8.85. The minimum atomic E-state index is 0.537. The topological polar surface area (TPSA) is 107 Å². The van der Waals surface area contributed by atoms with Crippen molar-refractivity contribution in [3.05, 3.63) is 248 Å². The van der Waals surface area contributed by atoms with Gasteiger partial charge in [0.05, 0.1) is 83.5 Å². The zero-order chi connectivity index (χ0) is 58.1. The van der Waals surface area contributed by atoms with Crippen LogP contribution in [0.1, 0.15) is 11.3 Å². The average Bonchev–Trinajstić information content (AvgIpc) is 1.53. The van der Waals surface area contributed by atoms with Crippen LogP contribution in [-0.4, -0.2) is 42.9 Å². The number of hydrogen-bond acceptors (Lipinski definition) is 6. The van der Waals surface area contributed by atoms with E-state index in [0.29, 0.717) is 28.7 Å². The maximum absolute atomic E-state index is 9.76. The van der Waals surface area contributed by atoms with Crippen LogP contribution in [0.15, 0.2) is 237 Å². The third-order valence-corrected chi connectivity index (χ3v) is 19.4. The van der Waals surface area contributed by atoms with E-state index >= 15 is 0 Å². The van der Waals surface area contributed by atoms with Crippen LogP contribution in [0, 0.1) is 18.3 Å². The molecule has 21 aromatic rings. The maximum atomic E-state index is 9.76. The summed E-state index contributed by atoms with van der Waals surface area (Å²) in [5.74, 6) is 1.18. The molecule has 0 aliphatic carbocycles. The van der Waals surface area contributed by atoms with E-state index in [4.69, 9.17) is 24.9 Å². The Labute approximate surface area is 503 Å². The molecule has 10 nitrogen and oxygen atoms in total. The number of aromatic nitrogens is 9. The molecule has 0 amide bonds. The fourth-order valence-corrected chi connectivity index (χ4v) is 15.7. The van der Waals surface area contributed by atoms with Crippen LogP contribution in [0.5, 0.6) is 0 Å². The number of aryl methyl sites for hydroxylation is 1. The van der Waals surface area contributed by atoms with Gasteiger partial charge in [-0.25, -0.2) is 19.9 Å². The Morgan fingerprint density at radius 3 is 1.47 bits per heavy atom. The van der Waals surface area contributed by atoms with Crippen molar-refractivity contribution < 1.29 is 0 Å². The molecule has 0 saturated heterocycles. The summed E-state index contributed by atoms with van der Waals surface area (Å²) < 4.78 is 9.50. The second-order valence-electron chi connectivity index (χ2n) is 23.8. The van der Waals surface area contributed by atoms with E-state index in [1.54, 1.807) is 6.20 Å². The number of pyridine rings is 1. The lowest BCUT2D eigenvalue weighted by atomic mass is 9.96. The summed E-state index contributed by atoms with van der Waals surface area (Å²) in [6, 6.07) is 85.1. The Morgan fingerprint density at radius 1 is 0.337 bits per heavy atom. The van der Waals surface area contributed by atoms with E-state index < -0.39 is 0 Å². The molecule has 0 aliphatic heterocycles. The predicted molar refractivity (Wildman–Crippen MR) is 364 cm³/mol. The smallest absolute Gasteiger partial charge is 0.235 e. The van der Waals surface area contributed by atoms with Gasteiger partial charge in [-0.15, -0.1) is 0 Å². The van der Waals surface area contributed by atoms with Gasteiger partial charge >= 0.3 is 0 Å². The molecule has 0 saturated carbocycles. The Balaban J connectivity index is 0.803. The second kappa shape index (κ2) is 16.8. The Hall–Kier alpha value is -12.3. The van der Waals surface area contributed by atoms with Crippen molar-refractivity contribution >= 4 is 163 Å². The molecule has 9 heterocycles. The van der Waals surface area contributed by atoms with Crippen LogP contribution in [-0.2, 0) is 0 Å². The standard InChI is InChI=1S/C79H42N10/c1-42-49-32-28-47(38-59(49)84-78(82-42)88-64-34-30-44-13-2-3-14-50(44)68(64)72-66(88)39-56-52-15-4-8-20-60(52)86-62-22-10-6-17-54(62)70(72)76(56)86)46-29-33-51-48(37-46)31-35-65-69(51)73-67(40-57-53-16-5-9-21-61(53)87-63-23-11-7-18-55(63)71(73)77(57)87)89(65)79-83-58-19-12-36-81-75(58)74(85-79)45-26-24-43(41-80)25-27-45/h2-40H,1H3. The van der Waals surface area contributed by atoms with Crippen molar-refractivity contribution in [3.8, 4) is 40.4 Å². The summed E-state index contributed by atoms with van der Waals surface area (Å²) in [5.41, 5.74) is 18.8. The minimum Gasteiger partial charge on any atom is -0.308 e. The van der Waals surface area contributed by atoms with Gasteiger partial charge in [-0.1, -0.05) is 146 Å². The van der Waals surface area contributed by atoms with E-state index in [-0.39, 0.29) is 0 Å². The molecule has 21 rings (SSSR count). The summed E-state index contributed by atoms with van der Waals surface area (Å²) in [5, 5.41) is 29.7. The summed E-state index contributed by atoms with van der Waals surface area (Å²) in [6.07, 6.45) is 1.79. The van der Waals surface area contributed by atoms with Gasteiger partial charge in [0.25, 0.3) is 0 Å². The number of para-hydroxylation sites is 4. The lowest BCUT2D eigenvalue weighted by molar-refractivity contribution is 0.990. The molecule has 0 radical (unpaired) electrons. The second-order valence-corrected chi connectivity index (χ2v) is 23.8. The van der Waals surface area contributed by atoms with Gasteiger partial charge in [0.1, 0.15) is 11.2 Å². The quantitative estimate of drug-likeness (QED) is 0.174. The Morgan fingerprint density at radius 2 is 0.843 bits per heavy atom. The minimum absolute atomic E-state index is 0.537. The first-order valence-electron chi connectivity index (χ1n) is 30.0. The van der Waals surface area contributed by atoms with Gasteiger partial charge < -0.3 is 8.80 Å². The van der Waals surface area contributed by atoms with Crippen molar-refractivity contribution in [2.75, 3.05) is 0 Å². The van der Waals surface area contributed by atoms with Gasteiger partial charge in [-0.3, -0.25) is 14.1 Å². The first-order chi connectivity index (χ1) is 44.0. The lowest BCUT2D eigenvalue weighted by Crippen LogP contribution is -2.04. The number of rotatable bonds is 4. The summed E-state index contributed by atoms with van der Waals surface area (Å²) in [4.78, 5) is 26.7. The molecular weight excluding hydrogens is 1090 g/mol. The van der Waals surface area contributed by atoms with Crippen LogP contribution >= 0.6 is 0 Å². The zero-order valence-corrected chi connectivity index (χ0v) is 47.5. The fraction of sp³-hybridized carbons (Fsp3) is 0.0127. The van der Waals surface area contributed by atoms with Crippen molar-refractivity contribution in [1.29, 1.82) is 5.26 Å². The molecule has 12 aromatic carbocycles. The van der Waals surface area contributed by atoms with Crippen molar-refractivity contribution in [1.82, 2.24) is 42.9 Å². The number of nitrogens with zero attached hydrogens (tertiary/aromatic N) is 10.